The molecule has 0 aromatic carbocycles. The van der Waals surface area contributed by atoms with Gasteiger partial charge in [-0.2, -0.15) is 0 Å². The highest BCUT2D eigenvalue weighted by atomic mass is 32.1. The van der Waals surface area contributed by atoms with Crippen molar-refractivity contribution < 1.29 is 9.90 Å². The Balaban J connectivity index is 2.03. The molecule has 3 unspecified atom stereocenters. The first-order valence-corrected chi connectivity index (χ1v) is 8.45. The second-order valence-corrected chi connectivity index (χ2v) is 7.01. The minimum Gasteiger partial charge on any atom is -0.481 e. The molecule has 1 saturated carbocycles. The van der Waals surface area contributed by atoms with Gasteiger partial charge in [0, 0.05) is 17.5 Å². The maximum Gasteiger partial charge on any atom is 0.308 e. The van der Waals surface area contributed by atoms with E-state index in [-0.39, 0.29) is 12.0 Å². The van der Waals surface area contributed by atoms with Crippen molar-refractivity contribution in [3.8, 4) is 0 Å². The van der Waals surface area contributed by atoms with Gasteiger partial charge in [0.2, 0.25) is 0 Å². The summed E-state index contributed by atoms with van der Waals surface area (Å²) in [5.74, 6) is -0.123. The molecule has 0 aliphatic heterocycles. The quantitative estimate of drug-likeness (QED) is 0.866. The number of carboxylic acids is 1. The van der Waals surface area contributed by atoms with Crippen LogP contribution in [0, 0.1) is 11.8 Å². The Morgan fingerprint density at radius 2 is 2.30 bits per heavy atom. The molecule has 1 aromatic rings. The van der Waals surface area contributed by atoms with Crippen LogP contribution < -0.4 is 0 Å². The van der Waals surface area contributed by atoms with Gasteiger partial charge in [-0.25, -0.2) is 0 Å². The zero-order valence-corrected chi connectivity index (χ0v) is 13.2. The van der Waals surface area contributed by atoms with Gasteiger partial charge in [0.25, 0.3) is 0 Å². The second-order valence-electron chi connectivity index (χ2n) is 5.97. The van der Waals surface area contributed by atoms with E-state index in [1.54, 1.807) is 11.3 Å². The number of aliphatic carboxylic acids is 1. The Labute approximate surface area is 125 Å². The van der Waals surface area contributed by atoms with Crippen LogP contribution in [0.5, 0.6) is 0 Å². The van der Waals surface area contributed by atoms with Crippen molar-refractivity contribution in [2.24, 2.45) is 11.8 Å². The van der Waals surface area contributed by atoms with Gasteiger partial charge in [-0.05, 0) is 43.7 Å². The number of nitrogens with zero attached hydrogens (tertiary/aromatic N) is 1. The molecule has 0 spiro atoms. The summed E-state index contributed by atoms with van der Waals surface area (Å²) in [5, 5.41) is 11.6. The molecule has 0 bridgehead atoms. The summed E-state index contributed by atoms with van der Waals surface area (Å²) in [5.41, 5.74) is 0. The lowest BCUT2D eigenvalue weighted by molar-refractivity contribution is -0.146. The van der Waals surface area contributed by atoms with Crippen molar-refractivity contribution in [1.82, 2.24) is 4.90 Å². The molecule has 1 aliphatic carbocycles. The molecule has 4 heteroatoms. The SMILES string of the molecule is CCCC1CCC(C(=O)O)C(N(C)Cc2cccs2)C1. The summed E-state index contributed by atoms with van der Waals surface area (Å²) < 4.78 is 0. The highest BCUT2D eigenvalue weighted by Crippen LogP contribution is 2.35. The van der Waals surface area contributed by atoms with Gasteiger partial charge >= 0.3 is 5.97 Å². The Morgan fingerprint density at radius 1 is 1.50 bits per heavy atom. The van der Waals surface area contributed by atoms with E-state index in [2.05, 4.69) is 36.4 Å². The Morgan fingerprint density at radius 3 is 2.90 bits per heavy atom. The van der Waals surface area contributed by atoms with Crippen LogP contribution in [-0.4, -0.2) is 29.1 Å². The van der Waals surface area contributed by atoms with Gasteiger partial charge in [-0.1, -0.05) is 25.8 Å². The maximum absolute atomic E-state index is 11.5. The number of thiophene rings is 1. The molecule has 112 valence electrons. The van der Waals surface area contributed by atoms with Gasteiger partial charge < -0.3 is 5.11 Å². The number of carbonyl (C=O) groups is 1. The molecule has 0 amide bonds. The van der Waals surface area contributed by atoms with Crippen molar-refractivity contribution in [2.45, 2.75) is 51.6 Å². The van der Waals surface area contributed by atoms with Crippen molar-refractivity contribution in [3.05, 3.63) is 22.4 Å². The lowest BCUT2D eigenvalue weighted by Gasteiger charge is -2.39. The fourth-order valence-corrected chi connectivity index (χ4v) is 4.21. The van der Waals surface area contributed by atoms with E-state index in [4.69, 9.17) is 0 Å². The van der Waals surface area contributed by atoms with E-state index in [0.717, 1.165) is 25.8 Å². The summed E-state index contributed by atoms with van der Waals surface area (Å²) in [4.78, 5) is 15.1. The van der Waals surface area contributed by atoms with Crippen LogP contribution in [0.3, 0.4) is 0 Å². The molecule has 1 N–H and O–H groups in total. The van der Waals surface area contributed by atoms with Crippen molar-refractivity contribution in [2.75, 3.05) is 7.05 Å². The topological polar surface area (TPSA) is 40.5 Å². The average molecular weight is 295 g/mol. The fourth-order valence-electron chi connectivity index (χ4n) is 3.44. The average Bonchev–Trinajstić information content (AvgIpc) is 2.91. The Bertz CT molecular complexity index is 418. The third-order valence-electron chi connectivity index (χ3n) is 4.49. The van der Waals surface area contributed by atoms with Crippen LogP contribution in [-0.2, 0) is 11.3 Å². The smallest absolute Gasteiger partial charge is 0.308 e. The first-order valence-electron chi connectivity index (χ1n) is 7.57. The summed E-state index contributed by atoms with van der Waals surface area (Å²) in [7, 11) is 2.08. The number of rotatable bonds is 6. The van der Waals surface area contributed by atoms with Gasteiger partial charge in [-0.15, -0.1) is 11.3 Å². The van der Waals surface area contributed by atoms with Crippen LogP contribution in [0.2, 0.25) is 0 Å². The van der Waals surface area contributed by atoms with Gasteiger partial charge in [0.15, 0.2) is 0 Å². The van der Waals surface area contributed by atoms with Gasteiger partial charge in [0.05, 0.1) is 5.92 Å². The summed E-state index contributed by atoms with van der Waals surface area (Å²) in [6, 6.07) is 4.37. The van der Waals surface area contributed by atoms with E-state index in [0.29, 0.717) is 5.92 Å². The van der Waals surface area contributed by atoms with E-state index >= 15 is 0 Å². The number of hydrogen-bond donors (Lipinski definition) is 1. The lowest BCUT2D eigenvalue weighted by atomic mass is 9.76. The van der Waals surface area contributed by atoms with Crippen LogP contribution >= 0.6 is 11.3 Å². The molecule has 2 rings (SSSR count). The van der Waals surface area contributed by atoms with E-state index in [9.17, 15) is 9.90 Å². The van der Waals surface area contributed by atoms with Crippen molar-refractivity contribution in [3.63, 3.8) is 0 Å². The normalized spacial score (nSPS) is 26.9. The zero-order chi connectivity index (χ0) is 14.5. The number of carboxylic acid groups (broad SMARTS) is 1. The third kappa shape index (κ3) is 3.83. The molecular formula is C16H25NO2S. The molecule has 0 radical (unpaired) electrons. The minimum atomic E-state index is -0.622. The van der Waals surface area contributed by atoms with E-state index in [1.165, 1.54) is 17.7 Å². The highest BCUT2D eigenvalue weighted by Gasteiger charge is 2.36. The van der Waals surface area contributed by atoms with Crippen molar-refractivity contribution in [1.29, 1.82) is 0 Å². The molecule has 3 atom stereocenters. The summed E-state index contributed by atoms with van der Waals surface area (Å²) in [6.07, 6.45) is 5.37. The fraction of sp³-hybridized carbons (Fsp3) is 0.688. The minimum absolute atomic E-state index is 0.180. The molecule has 0 saturated heterocycles. The van der Waals surface area contributed by atoms with Gasteiger partial charge in [0.1, 0.15) is 0 Å². The monoisotopic (exact) mass is 295 g/mol. The predicted octanol–water partition coefficient (Wildman–Crippen LogP) is 3.85. The molecule has 1 fully saturated rings. The number of hydrogen-bond acceptors (Lipinski definition) is 3. The Hall–Kier alpha value is -0.870. The highest BCUT2D eigenvalue weighted by molar-refractivity contribution is 7.09. The van der Waals surface area contributed by atoms with Gasteiger partial charge in [-0.3, -0.25) is 9.69 Å². The van der Waals surface area contributed by atoms with Crippen LogP contribution in [0.15, 0.2) is 17.5 Å². The standard InChI is InChI=1S/C16H25NO2S/c1-3-5-12-7-8-14(16(18)19)15(10-12)17(2)11-13-6-4-9-20-13/h4,6,9,12,14-15H,3,5,7-8,10-11H2,1-2H3,(H,18,19). The summed E-state index contributed by atoms with van der Waals surface area (Å²) >= 11 is 1.75. The largest absolute Gasteiger partial charge is 0.481 e. The molecular weight excluding hydrogens is 270 g/mol. The first-order chi connectivity index (χ1) is 9.61. The first kappa shape index (κ1) is 15.5. The van der Waals surface area contributed by atoms with Crippen LogP contribution in [0.25, 0.3) is 0 Å². The molecule has 1 aromatic heterocycles. The maximum atomic E-state index is 11.5. The molecule has 1 aliphatic rings. The predicted molar refractivity (Wildman–Crippen MR) is 82.9 cm³/mol. The van der Waals surface area contributed by atoms with Crippen LogP contribution in [0.4, 0.5) is 0 Å². The van der Waals surface area contributed by atoms with E-state index < -0.39 is 5.97 Å². The van der Waals surface area contributed by atoms with E-state index in [1.807, 2.05) is 0 Å². The lowest BCUT2D eigenvalue weighted by Crippen LogP contribution is -2.45. The second kappa shape index (κ2) is 7.23. The van der Waals surface area contributed by atoms with Crippen LogP contribution in [0.1, 0.15) is 43.9 Å². The molecule has 3 nitrogen and oxygen atoms in total. The third-order valence-corrected chi connectivity index (χ3v) is 5.35. The molecule has 20 heavy (non-hydrogen) atoms. The summed E-state index contributed by atoms with van der Waals surface area (Å²) in [6.45, 7) is 3.08. The molecule has 1 heterocycles. The zero-order valence-electron chi connectivity index (χ0n) is 12.4. The van der Waals surface area contributed by atoms with Crippen molar-refractivity contribution >= 4 is 17.3 Å². The Kier molecular flexibility index (Phi) is 5.61.